The van der Waals surface area contributed by atoms with Crippen LogP contribution in [0.1, 0.15) is 36.2 Å². The third kappa shape index (κ3) is 6.22. The van der Waals surface area contributed by atoms with E-state index in [-0.39, 0.29) is 23.2 Å². The molecule has 0 fully saturated rings. The highest BCUT2D eigenvalue weighted by Gasteiger charge is 2.20. The van der Waals surface area contributed by atoms with Crippen molar-refractivity contribution in [2.45, 2.75) is 38.8 Å². The predicted octanol–water partition coefficient (Wildman–Crippen LogP) is 3.28. The molecule has 2 rings (SSSR count). The Morgan fingerprint density at radius 3 is 2.30 bits per heavy atom. The zero-order valence-corrected chi connectivity index (χ0v) is 15.3. The first-order chi connectivity index (χ1) is 12.9. The zero-order chi connectivity index (χ0) is 19.8. The highest BCUT2D eigenvalue weighted by atomic mass is 16.6. The van der Waals surface area contributed by atoms with Gasteiger partial charge < -0.3 is 10.1 Å². The summed E-state index contributed by atoms with van der Waals surface area (Å²) in [5.74, 6) is -1.09. The summed E-state index contributed by atoms with van der Waals surface area (Å²) < 4.78 is 5.14. The molecule has 0 aliphatic heterocycles. The number of benzene rings is 2. The quantitative estimate of drug-likeness (QED) is 0.437. The average Bonchev–Trinajstić information content (AvgIpc) is 2.67. The Kier molecular flexibility index (Phi) is 7.05. The molecule has 7 nitrogen and oxygen atoms in total. The number of hydrogen-bond acceptors (Lipinski definition) is 5. The van der Waals surface area contributed by atoms with Crippen molar-refractivity contribution in [2.24, 2.45) is 0 Å². The average molecular weight is 370 g/mol. The summed E-state index contributed by atoms with van der Waals surface area (Å²) in [6.45, 7) is 3.38. The lowest BCUT2D eigenvalue weighted by atomic mass is 10.1. The molecule has 0 heterocycles. The molecule has 0 saturated carbocycles. The number of carbonyl (C=O) groups is 2. The molecule has 0 bridgehead atoms. The van der Waals surface area contributed by atoms with Crippen LogP contribution in [0.5, 0.6) is 0 Å². The number of aryl methyl sites for hydroxylation is 1. The molecule has 2 aromatic rings. The molecule has 0 spiro atoms. The number of rotatable bonds is 8. The highest BCUT2D eigenvalue weighted by molar-refractivity contribution is 5.92. The lowest BCUT2D eigenvalue weighted by Crippen LogP contribution is -2.41. The fraction of sp³-hybridized carbons (Fsp3) is 0.300. The van der Waals surface area contributed by atoms with Crippen LogP contribution in [0.2, 0.25) is 0 Å². The van der Waals surface area contributed by atoms with Crippen LogP contribution in [0.3, 0.4) is 0 Å². The molecule has 0 unspecified atom stereocenters. The van der Waals surface area contributed by atoms with Crippen LogP contribution in [0, 0.1) is 10.1 Å². The van der Waals surface area contributed by atoms with Crippen LogP contribution in [-0.2, 0) is 16.0 Å². The molecule has 1 amide bonds. The zero-order valence-electron chi connectivity index (χ0n) is 15.3. The Bertz CT molecular complexity index is 790. The van der Waals surface area contributed by atoms with Crippen LogP contribution in [0.4, 0.5) is 5.69 Å². The molecule has 0 aliphatic rings. The molecular weight excluding hydrogens is 348 g/mol. The summed E-state index contributed by atoms with van der Waals surface area (Å²) in [4.78, 5) is 34.3. The number of nitro benzene ring substituents is 1. The van der Waals surface area contributed by atoms with Crippen LogP contribution in [0.15, 0.2) is 54.6 Å². The maximum Gasteiger partial charge on any atom is 0.338 e. The number of nitrogens with one attached hydrogen (secondary N) is 1. The van der Waals surface area contributed by atoms with Gasteiger partial charge in [-0.3, -0.25) is 14.9 Å². The second kappa shape index (κ2) is 9.47. The minimum Gasteiger partial charge on any atom is -0.449 e. The normalized spacial score (nSPS) is 12.7. The van der Waals surface area contributed by atoms with Gasteiger partial charge in [-0.1, -0.05) is 30.3 Å². The SMILES string of the molecule is C[C@H](OC(=O)c1ccc([N+](=O)[O-])cc1)C(=O)N[C@@H](C)CCc1ccccc1. The number of non-ortho nitro benzene ring substituents is 1. The molecule has 0 saturated heterocycles. The number of amides is 1. The van der Waals surface area contributed by atoms with Crippen LogP contribution in [-0.4, -0.2) is 28.9 Å². The number of hydrogen-bond donors (Lipinski definition) is 1. The van der Waals surface area contributed by atoms with E-state index in [0.29, 0.717) is 0 Å². The molecule has 0 radical (unpaired) electrons. The molecule has 0 aliphatic carbocycles. The second-order valence-electron chi connectivity index (χ2n) is 6.29. The van der Waals surface area contributed by atoms with Crippen molar-refractivity contribution in [3.63, 3.8) is 0 Å². The van der Waals surface area contributed by atoms with Gasteiger partial charge >= 0.3 is 5.97 Å². The fourth-order valence-corrected chi connectivity index (χ4v) is 2.46. The van der Waals surface area contributed by atoms with Gasteiger partial charge in [0, 0.05) is 18.2 Å². The van der Waals surface area contributed by atoms with E-state index in [0.717, 1.165) is 12.8 Å². The lowest BCUT2D eigenvalue weighted by Gasteiger charge is -2.18. The molecule has 7 heteroatoms. The van der Waals surface area contributed by atoms with Crippen molar-refractivity contribution >= 4 is 17.6 Å². The predicted molar refractivity (Wildman–Crippen MR) is 100 cm³/mol. The van der Waals surface area contributed by atoms with Crippen LogP contribution in [0.25, 0.3) is 0 Å². The van der Waals surface area contributed by atoms with Crippen molar-refractivity contribution in [3.8, 4) is 0 Å². The van der Waals surface area contributed by atoms with E-state index in [4.69, 9.17) is 4.74 Å². The number of esters is 1. The van der Waals surface area contributed by atoms with Gasteiger partial charge in [-0.15, -0.1) is 0 Å². The van der Waals surface area contributed by atoms with Gasteiger partial charge in [0.15, 0.2) is 6.10 Å². The fourth-order valence-electron chi connectivity index (χ4n) is 2.46. The Labute approximate surface area is 157 Å². The van der Waals surface area contributed by atoms with E-state index < -0.39 is 17.0 Å². The topological polar surface area (TPSA) is 98.5 Å². The van der Waals surface area contributed by atoms with Crippen LogP contribution < -0.4 is 5.32 Å². The van der Waals surface area contributed by atoms with Gasteiger partial charge in [0.05, 0.1) is 10.5 Å². The van der Waals surface area contributed by atoms with E-state index in [9.17, 15) is 19.7 Å². The highest BCUT2D eigenvalue weighted by Crippen LogP contribution is 2.13. The van der Waals surface area contributed by atoms with Crippen LogP contribution >= 0.6 is 0 Å². The molecular formula is C20H22N2O5. The minimum absolute atomic E-state index is 0.0711. The standard InChI is InChI=1S/C20H22N2O5/c1-14(8-9-16-6-4-3-5-7-16)21-19(23)15(2)27-20(24)17-10-12-18(13-11-17)22(25)26/h3-7,10-15H,8-9H2,1-2H3,(H,21,23)/t14-,15-/m0/s1. The summed E-state index contributed by atoms with van der Waals surface area (Å²) >= 11 is 0. The van der Waals surface area contributed by atoms with E-state index >= 15 is 0 Å². The molecule has 27 heavy (non-hydrogen) atoms. The smallest absolute Gasteiger partial charge is 0.338 e. The Balaban J connectivity index is 1.81. The van der Waals surface area contributed by atoms with Crippen molar-refractivity contribution < 1.29 is 19.2 Å². The lowest BCUT2D eigenvalue weighted by molar-refractivity contribution is -0.384. The summed E-state index contributed by atoms with van der Waals surface area (Å²) in [6, 6.07) is 14.9. The number of nitrogens with zero attached hydrogens (tertiary/aromatic N) is 1. The van der Waals surface area contributed by atoms with E-state index in [1.54, 1.807) is 0 Å². The first-order valence-electron chi connectivity index (χ1n) is 8.66. The number of carbonyl (C=O) groups excluding carboxylic acids is 2. The monoisotopic (exact) mass is 370 g/mol. The number of nitro groups is 1. The van der Waals surface area contributed by atoms with E-state index in [1.807, 2.05) is 37.3 Å². The Morgan fingerprint density at radius 2 is 1.70 bits per heavy atom. The third-order valence-corrected chi connectivity index (χ3v) is 4.06. The summed E-state index contributed by atoms with van der Waals surface area (Å²) in [5.41, 5.74) is 1.22. The molecule has 1 N–H and O–H groups in total. The van der Waals surface area contributed by atoms with Crippen molar-refractivity contribution in [1.29, 1.82) is 0 Å². The van der Waals surface area contributed by atoms with Gasteiger partial charge in [0.25, 0.3) is 11.6 Å². The maximum absolute atomic E-state index is 12.2. The molecule has 2 aromatic carbocycles. The first-order valence-corrected chi connectivity index (χ1v) is 8.66. The second-order valence-corrected chi connectivity index (χ2v) is 6.29. The maximum atomic E-state index is 12.2. The van der Waals surface area contributed by atoms with Gasteiger partial charge in [-0.05, 0) is 44.4 Å². The van der Waals surface area contributed by atoms with Crippen molar-refractivity contribution in [1.82, 2.24) is 5.32 Å². The van der Waals surface area contributed by atoms with Gasteiger partial charge in [0.2, 0.25) is 0 Å². The van der Waals surface area contributed by atoms with Gasteiger partial charge in [-0.2, -0.15) is 0 Å². The molecule has 2 atom stereocenters. The largest absolute Gasteiger partial charge is 0.449 e. The van der Waals surface area contributed by atoms with Crippen molar-refractivity contribution in [3.05, 3.63) is 75.8 Å². The summed E-state index contributed by atoms with van der Waals surface area (Å²) in [7, 11) is 0. The summed E-state index contributed by atoms with van der Waals surface area (Å²) in [6.07, 6.45) is 0.629. The van der Waals surface area contributed by atoms with E-state index in [2.05, 4.69) is 5.32 Å². The molecule has 0 aromatic heterocycles. The first kappa shape index (κ1) is 20.1. The number of ether oxygens (including phenoxy) is 1. The molecule has 142 valence electrons. The third-order valence-electron chi connectivity index (χ3n) is 4.06. The van der Waals surface area contributed by atoms with Gasteiger partial charge in [-0.25, -0.2) is 4.79 Å². The summed E-state index contributed by atoms with van der Waals surface area (Å²) in [5, 5.41) is 13.5. The Hall–Kier alpha value is -3.22. The minimum atomic E-state index is -0.966. The van der Waals surface area contributed by atoms with Crippen molar-refractivity contribution in [2.75, 3.05) is 0 Å². The van der Waals surface area contributed by atoms with E-state index in [1.165, 1.54) is 36.8 Å². The Morgan fingerprint density at radius 1 is 1.07 bits per heavy atom. The van der Waals surface area contributed by atoms with Gasteiger partial charge in [0.1, 0.15) is 0 Å².